The molecule has 1 unspecified atom stereocenters. The summed E-state index contributed by atoms with van der Waals surface area (Å²) in [6.07, 6.45) is 2.20. The summed E-state index contributed by atoms with van der Waals surface area (Å²) < 4.78 is 11.5. The molecule has 3 fully saturated rings. The number of ether oxygens (including phenoxy) is 2. The van der Waals surface area contributed by atoms with E-state index in [9.17, 15) is 19.5 Å². The fraction of sp³-hybridized carbons (Fsp3) is 0.850. The lowest BCUT2D eigenvalue weighted by Gasteiger charge is -2.36. The van der Waals surface area contributed by atoms with Crippen LogP contribution in [0.2, 0.25) is 0 Å². The molecule has 1 spiro atoms. The van der Waals surface area contributed by atoms with E-state index in [0.29, 0.717) is 19.4 Å². The van der Waals surface area contributed by atoms with Gasteiger partial charge in [-0.25, -0.2) is 0 Å². The second kappa shape index (κ2) is 8.89. The zero-order chi connectivity index (χ0) is 21.3. The summed E-state index contributed by atoms with van der Waals surface area (Å²) in [5.74, 6) is -2.59. The van der Waals surface area contributed by atoms with Crippen LogP contribution in [-0.4, -0.2) is 76.2 Å². The predicted octanol–water partition coefficient (Wildman–Crippen LogP) is 0.985. The first kappa shape index (κ1) is 22.5. The van der Waals surface area contributed by atoms with Crippen LogP contribution in [0.4, 0.5) is 0 Å². The van der Waals surface area contributed by atoms with Gasteiger partial charge in [-0.2, -0.15) is 0 Å². The topological polar surface area (TPSA) is 105 Å². The van der Waals surface area contributed by atoms with Crippen LogP contribution >= 0.6 is 15.9 Å². The van der Waals surface area contributed by atoms with E-state index in [-0.39, 0.29) is 29.9 Å². The van der Waals surface area contributed by atoms with Gasteiger partial charge in [0.2, 0.25) is 11.8 Å². The van der Waals surface area contributed by atoms with Crippen molar-refractivity contribution in [3.8, 4) is 0 Å². The molecule has 8 nitrogen and oxygen atoms in total. The fourth-order valence-electron chi connectivity index (χ4n) is 5.17. The minimum atomic E-state index is -1.09. The smallest absolute Gasteiger partial charge is 0.312 e. The Hall–Kier alpha value is -1.19. The lowest BCUT2D eigenvalue weighted by molar-refractivity contribution is -0.155. The number of carbonyl (C=O) groups is 3. The molecule has 0 aromatic carbocycles. The number of fused-ring (bicyclic) bond motifs is 1. The molecular formula is C20H31BrN2O6. The van der Waals surface area contributed by atoms with Gasteiger partial charge in [-0.1, -0.05) is 36.2 Å². The molecule has 0 radical (unpaired) electrons. The number of rotatable bonds is 9. The zero-order valence-corrected chi connectivity index (χ0v) is 18.8. The Morgan fingerprint density at radius 3 is 2.72 bits per heavy atom. The summed E-state index contributed by atoms with van der Waals surface area (Å²) >= 11 is 3.59. The van der Waals surface area contributed by atoms with Gasteiger partial charge < -0.3 is 24.8 Å². The Kier molecular flexibility index (Phi) is 6.90. The van der Waals surface area contributed by atoms with E-state index >= 15 is 0 Å². The second-order valence-corrected chi connectivity index (χ2v) is 9.23. The third-order valence-corrected chi connectivity index (χ3v) is 7.28. The highest BCUT2D eigenvalue weighted by Gasteiger charge is 2.77. The number of aliphatic hydroxyl groups excluding tert-OH is 1. The van der Waals surface area contributed by atoms with Crippen LogP contribution in [-0.2, 0) is 23.9 Å². The molecule has 2 amide bonds. The number of unbranched alkanes of at least 4 members (excludes halogenated alkanes) is 1. The minimum Gasteiger partial charge on any atom is -0.466 e. The maximum atomic E-state index is 13.5. The number of carbonyl (C=O) groups excluding carboxylic acids is 3. The van der Waals surface area contributed by atoms with Crippen LogP contribution in [0.1, 0.15) is 46.5 Å². The largest absolute Gasteiger partial charge is 0.466 e. The molecule has 9 heteroatoms. The van der Waals surface area contributed by atoms with Crippen LogP contribution in [0, 0.1) is 11.8 Å². The lowest BCUT2D eigenvalue weighted by atomic mass is 9.70. The maximum absolute atomic E-state index is 13.5. The van der Waals surface area contributed by atoms with E-state index < -0.39 is 41.6 Å². The normalized spacial score (nSPS) is 36.2. The highest BCUT2D eigenvalue weighted by molar-refractivity contribution is 9.09. The highest BCUT2D eigenvalue weighted by atomic mass is 79.9. The van der Waals surface area contributed by atoms with Gasteiger partial charge in [0.05, 0.1) is 37.2 Å². The molecule has 2 N–H and O–H groups in total. The molecule has 3 heterocycles. The number of amides is 2. The van der Waals surface area contributed by atoms with Crippen LogP contribution in [0.3, 0.4) is 0 Å². The lowest BCUT2D eigenvalue weighted by Crippen LogP contribution is -2.58. The highest BCUT2D eigenvalue weighted by Crippen LogP contribution is 2.60. The summed E-state index contributed by atoms with van der Waals surface area (Å²) in [5, 5.41) is 12.8. The van der Waals surface area contributed by atoms with E-state index in [1.807, 2.05) is 13.8 Å². The van der Waals surface area contributed by atoms with Gasteiger partial charge in [0.1, 0.15) is 11.6 Å². The SMILES string of the molecule is CCCCNC(=O)[C@@H]1N([C@@H](CC)CO)C(=O)[C@H]2[C@H](C(=O)OCC)[C@H]3O[C@@]12CC3Br. The molecule has 2 bridgehead atoms. The molecular weight excluding hydrogens is 444 g/mol. The summed E-state index contributed by atoms with van der Waals surface area (Å²) in [5.41, 5.74) is -1.09. The number of esters is 1. The molecule has 0 aromatic heterocycles. The molecule has 7 atom stereocenters. The average molecular weight is 475 g/mol. The number of alkyl halides is 1. The molecule has 3 saturated heterocycles. The summed E-state index contributed by atoms with van der Waals surface area (Å²) in [6.45, 7) is 6.08. The Balaban J connectivity index is 2.01. The van der Waals surface area contributed by atoms with Crippen LogP contribution in [0.25, 0.3) is 0 Å². The van der Waals surface area contributed by atoms with Gasteiger partial charge in [-0.05, 0) is 26.2 Å². The van der Waals surface area contributed by atoms with Gasteiger partial charge in [-0.15, -0.1) is 0 Å². The first-order valence-corrected chi connectivity index (χ1v) is 11.5. The Bertz CT molecular complexity index is 657. The second-order valence-electron chi connectivity index (χ2n) is 8.05. The van der Waals surface area contributed by atoms with E-state index in [0.717, 1.165) is 12.8 Å². The summed E-state index contributed by atoms with van der Waals surface area (Å²) in [6, 6.07) is -1.39. The molecule has 3 rings (SSSR count). The summed E-state index contributed by atoms with van der Waals surface area (Å²) in [7, 11) is 0. The van der Waals surface area contributed by atoms with Crippen molar-refractivity contribution < 1.29 is 29.0 Å². The Labute approximate surface area is 179 Å². The van der Waals surface area contributed by atoms with Gasteiger partial charge in [0, 0.05) is 11.4 Å². The Morgan fingerprint density at radius 2 is 2.14 bits per heavy atom. The van der Waals surface area contributed by atoms with Crippen molar-refractivity contribution in [3.05, 3.63) is 0 Å². The average Bonchev–Trinajstić information content (AvgIpc) is 3.27. The maximum Gasteiger partial charge on any atom is 0.312 e. The first-order valence-electron chi connectivity index (χ1n) is 10.6. The number of nitrogens with one attached hydrogen (secondary N) is 1. The van der Waals surface area contributed by atoms with E-state index in [2.05, 4.69) is 21.2 Å². The van der Waals surface area contributed by atoms with Crippen molar-refractivity contribution in [2.24, 2.45) is 11.8 Å². The van der Waals surface area contributed by atoms with Crippen molar-refractivity contribution in [1.82, 2.24) is 10.2 Å². The van der Waals surface area contributed by atoms with E-state index in [1.54, 1.807) is 6.92 Å². The monoisotopic (exact) mass is 474 g/mol. The van der Waals surface area contributed by atoms with Crippen LogP contribution < -0.4 is 5.32 Å². The predicted molar refractivity (Wildman–Crippen MR) is 108 cm³/mol. The molecule has 3 aliphatic rings. The first-order chi connectivity index (χ1) is 13.9. The van der Waals surface area contributed by atoms with Gasteiger partial charge in [0.15, 0.2) is 0 Å². The standard InChI is InChI=1S/C20H31BrN2O6/c1-4-7-8-22-17(25)16-20-9-12(21)15(29-20)13(19(27)28-6-3)14(20)18(26)23(16)11(5-2)10-24/h11-16,24H,4-10H2,1-3H3,(H,22,25)/t11-,12?,13-,14+,15-,16-,20+/m0/s1. The number of nitrogens with zero attached hydrogens (tertiary/aromatic N) is 1. The zero-order valence-electron chi connectivity index (χ0n) is 17.2. The fourth-order valence-corrected chi connectivity index (χ4v) is 6.11. The number of halogens is 1. The molecule has 0 aliphatic carbocycles. The molecule has 0 aromatic rings. The molecule has 164 valence electrons. The minimum absolute atomic E-state index is 0.152. The molecule has 3 aliphatic heterocycles. The van der Waals surface area contributed by atoms with Crippen molar-refractivity contribution in [2.75, 3.05) is 19.8 Å². The molecule has 29 heavy (non-hydrogen) atoms. The van der Waals surface area contributed by atoms with Crippen molar-refractivity contribution in [1.29, 1.82) is 0 Å². The van der Waals surface area contributed by atoms with E-state index in [1.165, 1.54) is 4.90 Å². The molecule has 0 saturated carbocycles. The number of hydrogen-bond donors (Lipinski definition) is 2. The third-order valence-electron chi connectivity index (χ3n) is 6.44. The van der Waals surface area contributed by atoms with Crippen LogP contribution in [0.15, 0.2) is 0 Å². The number of hydrogen-bond acceptors (Lipinski definition) is 6. The quantitative estimate of drug-likeness (QED) is 0.293. The number of likely N-dealkylation sites (tertiary alicyclic amines) is 1. The van der Waals surface area contributed by atoms with Gasteiger partial charge >= 0.3 is 5.97 Å². The van der Waals surface area contributed by atoms with Crippen LogP contribution in [0.5, 0.6) is 0 Å². The summed E-state index contributed by atoms with van der Waals surface area (Å²) in [4.78, 5) is 40.8. The van der Waals surface area contributed by atoms with Crippen molar-refractivity contribution >= 4 is 33.7 Å². The van der Waals surface area contributed by atoms with Crippen molar-refractivity contribution in [3.63, 3.8) is 0 Å². The van der Waals surface area contributed by atoms with E-state index in [4.69, 9.17) is 9.47 Å². The number of aliphatic hydroxyl groups is 1. The van der Waals surface area contributed by atoms with Crippen molar-refractivity contribution in [2.45, 2.75) is 75.1 Å². The van der Waals surface area contributed by atoms with Gasteiger partial charge in [-0.3, -0.25) is 14.4 Å². The van der Waals surface area contributed by atoms with Gasteiger partial charge in [0.25, 0.3) is 0 Å². The third kappa shape index (κ3) is 3.49. The Morgan fingerprint density at radius 1 is 1.41 bits per heavy atom.